The first-order valence-electron chi connectivity index (χ1n) is 9.17. The maximum Gasteiger partial charge on any atom is 0.322 e. The predicted octanol–water partition coefficient (Wildman–Crippen LogP) is 4.18. The van der Waals surface area contributed by atoms with Gasteiger partial charge < -0.3 is 9.15 Å². The summed E-state index contributed by atoms with van der Waals surface area (Å²) in [5.74, 6) is 0.872. The van der Waals surface area contributed by atoms with Crippen molar-refractivity contribution >= 4 is 21.8 Å². The van der Waals surface area contributed by atoms with Crippen LogP contribution < -0.4 is 10.1 Å². The Morgan fingerprint density at radius 3 is 2.32 bits per heavy atom. The summed E-state index contributed by atoms with van der Waals surface area (Å²) in [5, 5.41) is 10.3. The van der Waals surface area contributed by atoms with E-state index in [1.165, 1.54) is 12.1 Å². The lowest BCUT2D eigenvalue weighted by Crippen LogP contribution is -2.12. The van der Waals surface area contributed by atoms with Gasteiger partial charge in [-0.05, 0) is 54.6 Å². The number of anilines is 1. The summed E-state index contributed by atoms with van der Waals surface area (Å²) in [5.41, 5.74) is 0.879. The van der Waals surface area contributed by atoms with Crippen molar-refractivity contribution in [1.82, 2.24) is 10.2 Å². The highest BCUT2D eigenvalue weighted by Gasteiger charge is 2.14. The summed E-state index contributed by atoms with van der Waals surface area (Å²) in [4.78, 5) is 12.7. The Balaban J connectivity index is 1.46. The lowest BCUT2D eigenvalue weighted by molar-refractivity contribution is 0.102. The third-order valence-electron chi connectivity index (χ3n) is 4.25. The molecule has 0 aliphatic rings. The fourth-order valence-electron chi connectivity index (χ4n) is 2.73. The number of sulfone groups is 1. The number of nitrogens with zero attached hydrogens (tertiary/aromatic N) is 2. The molecule has 156 valence electrons. The molecule has 31 heavy (non-hydrogen) atoms. The number of amides is 1. The number of benzene rings is 3. The minimum Gasteiger partial charge on any atom is -0.457 e. The van der Waals surface area contributed by atoms with Crippen LogP contribution in [-0.4, -0.2) is 30.8 Å². The molecule has 1 heterocycles. The van der Waals surface area contributed by atoms with Crippen LogP contribution in [-0.2, 0) is 9.84 Å². The minimum absolute atomic E-state index is 0.0819. The van der Waals surface area contributed by atoms with Crippen molar-refractivity contribution < 1.29 is 22.4 Å². The third-order valence-corrected chi connectivity index (χ3v) is 5.38. The standard InChI is InChI=1S/C22H17N3O5S/c1-31(27,28)19-12-10-15(11-13-19)21-24-25-22(30-21)23-20(26)16-6-5-9-18(14-16)29-17-7-3-2-4-8-17/h2-14H,1H3,(H,23,25,26). The van der Waals surface area contributed by atoms with Crippen LogP contribution in [0, 0.1) is 0 Å². The number of hydrogen-bond acceptors (Lipinski definition) is 7. The largest absolute Gasteiger partial charge is 0.457 e. The molecule has 1 N–H and O–H groups in total. The molecule has 0 aliphatic heterocycles. The van der Waals surface area contributed by atoms with Gasteiger partial charge in [0.2, 0.25) is 5.89 Å². The van der Waals surface area contributed by atoms with E-state index in [0.29, 0.717) is 22.6 Å². The molecule has 0 spiro atoms. The summed E-state index contributed by atoms with van der Waals surface area (Å²) in [7, 11) is -3.30. The Morgan fingerprint density at radius 2 is 1.61 bits per heavy atom. The van der Waals surface area contributed by atoms with E-state index in [2.05, 4.69) is 15.5 Å². The molecule has 4 rings (SSSR count). The first kappa shape index (κ1) is 20.3. The number of ether oxygens (including phenoxy) is 1. The van der Waals surface area contributed by atoms with Crippen molar-refractivity contribution in [3.8, 4) is 23.0 Å². The van der Waals surface area contributed by atoms with Crippen molar-refractivity contribution in [3.05, 3.63) is 84.4 Å². The van der Waals surface area contributed by atoms with Gasteiger partial charge in [-0.25, -0.2) is 8.42 Å². The van der Waals surface area contributed by atoms with Gasteiger partial charge in [0.15, 0.2) is 9.84 Å². The summed E-state index contributed by atoms with van der Waals surface area (Å²) in [6.07, 6.45) is 1.13. The van der Waals surface area contributed by atoms with Gasteiger partial charge in [-0.1, -0.05) is 29.4 Å². The van der Waals surface area contributed by atoms with Crippen LogP contribution in [0.4, 0.5) is 6.01 Å². The van der Waals surface area contributed by atoms with E-state index < -0.39 is 15.7 Å². The zero-order valence-electron chi connectivity index (χ0n) is 16.3. The maximum absolute atomic E-state index is 12.6. The van der Waals surface area contributed by atoms with Crippen molar-refractivity contribution in [1.29, 1.82) is 0 Å². The fourth-order valence-corrected chi connectivity index (χ4v) is 3.36. The second-order valence-electron chi connectivity index (χ2n) is 6.61. The van der Waals surface area contributed by atoms with Crippen molar-refractivity contribution in [2.75, 3.05) is 11.6 Å². The Labute approximate surface area is 178 Å². The van der Waals surface area contributed by atoms with Gasteiger partial charge in [-0.2, -0.15) is 0 Å². The van der Waals surface area contributed by atoms with Crippen LogP contribution in [0.1, 0.15) is 10.4 Å². The quantitative estimate of drug-likeness (QED) is 0.483. The monoisotopic (exact) mass is 435 g/mol. The highest BCUT2D eigenvalue weighted by Crippen LogP contribution is 2.24. The first-order valence-corrected chi connectivity index (χ1v) is 11.1. The first-order chi connectivity index (χ1) is 14.9. The van der Waals surface area contributed by atoms with E-state index in [0.717, 1.165) is 6.26 Å². The van der Waals surface area contributed by atoms with E-state index in [4.69, 9.17) is 9.15 Å². The van der Waals surface area contributed by atoms with Gasteiger partial charge in [0.05, 0.1) is 4.90 Å². The normalized spacial score (nSPS) is 11.1. The van der Waals surface area contributed by atoms with Gasteiger partial charge in [-0.15, -0.1) is 5.10 Å². The average molecular weight is 435 g/mol. The van der Waals surface area contributed by atoms with Crippen molar-refractivity contribution in [2.24, 2.45) is 0 Å². The molecule has 1 amide bonds. The Bertz CT molecular complexity index is 1320. The van der Waals surface area contributed by atoms with Crippen molar-refractivity contribution in [3.63, 3.8) is 0 Å². The predicted molar refractivity (Wildman–Crippen MR) is 114 cm³/mol. The molecule has 0 aliphatic carbocycles. The fraction of sp³-hybridized carbons (Fsp3) is 0.0455. The molecular formula is C22H17N3O5S. The molecule has 3 aromatic carbocycles. The second kappa shape index (κ2) is 8.41. The van der Waals surface area contributed by atoms with Crippen LogP contribution in [0.25, 0.3) is 11.5 Å². The maximum atomic E-state index is 12.6. The lowest BCUT2D eigenvalue weighted by atomic mass is 10.2. The molecule has 4 aromatic rings. The van der Waals surface area contributed by atoms with E-state index in [-0.39, 0.29) is 16.8 Å². The summed E-state index contributed by atoms with van der Waals surface area (Å²) in [6.45, 7) is 0. The highest BCUT2D eigenvalue weighted by atomic mass is 32.2. The smallest absolute Gasteiger partial charge is 0.322 e. The topological polar surface area (TPSA) is 111 Å². The molecule has 0 fully saturated rings. The van der Waals surface area contributed by atoms with E-state index >= 15 is 0 Å². The number of para-hydroxylation sites is 1. The highest BCUT2D eigenvalue weighted by molar-refractivity contribution is 7.90. The molecule has 0 radical (unpaired) electrons. The summed E-state index contributed by atoms with van der Waals surface area (Å²) in [6, 6.07) is 21.8. The molecular weight excluding hydrogens is 418 g/mol. The van der Waals surface area contributed by atoms with Crippen LogP contribution >= 0.6 is 0 Å². The minimum atomic E-state index is -3.30. The Hall–Kier alpha value is -3.98. The van der Waals surface area contributed by atoms with Gasteiger partial charge in [-0.3, -0.25) is 10.1 Å². The van der Waals surface area contributed by atoms with Gasteiger partial charge in [0, 0.05) is 17.4 Å². The molecule has 0 saturated carbocycles. The number of rotatable bonds is 6. The van der Waals surface area contributed by atoms with E-state index in [1.54, 1.807) is 36.4 Å². The number of hydrogen-bond donors (Lipinski definition) is 1. The molecule has 8 nitrogen and oxygen atoms in total. The number of carbonyl (C=O) groups excluding carboxylic acids is 1. The number of aromatic nitrogens is 2. The van der Waals surface area contributed by atoms with Crippen LogP contribution in [0.15, 0.2) is 88.2 Å². The Morgan fingerprint density at radius 1 is 0.903 bits per heavy atom. The molecule has 0 unspecified atom stereocenters. The van der Waals surface area contributed by atoms with E-state index in [9.17, 15) is 13.2 Å². The van der Waals surface area contributed by atoms with E-state index in [1.807, 2.05) is 30.3 Å². The molecule has 1 aromatic heterocycles. The average Bonchev–Trinajstić information content (AvgIpc) is 3.22. The Kier molecular flexibility index (Phi) is 5.50. The molecule has 0 bridgehead atoms. The van der Waals surface area contributed by atoms with Crippen LogP contribution in [0.2, 0.25) is 0 Å². The summed E-state index contributed by atoms with van der Waals surface area (Å²) < 4.78 is 34.3. The van der Waals surface area contributed by atoms with Gasteiger partial charge in [0.25, 0.3) is 5.91 Å². The third kappa shape index (κ3) is 4.96. The van der Waals surface area contributed by atoms with Crippen LogP contribution in [0.5, 0.6) is 11.5 Å². The van der Waals surface area contributed by atoms with Crippen LogP contribution in [0.3, 0.4) is 0 Å². The number of carbonyl (C=O) groups is 1. The molecule has 9 heteroatoms. The van der Waals surface area contributed by atoms with Gasteiger partial charge >= 0.3 is 6.01 Å². The lowest BCUT2D eigenvalue weighted by Gasteiger charge is -2.07. The molecule has 0 saturated heterocycles. The summed E-state index contributed by atoms with van der Waals surface area (Å²) >= 11 is 0. The zero-order chi connectivity index (χ0) is 21.8. The van der Waals surface area contributed by atoms with Gasteiger partial charge in [0.1, 0.15) is 11.5 Å². The SMILES string of the molecule is CS(=O)(=O)c1ccc(-c2nnc(NC(=O)c3cccc(Oc4ccccc4)c3)o2)cc1. The van der Waals surface area contributed by atoms with Crippen molar-refractivity contribution in [2.45, 2.75) is 4.90 Å². The molecule has 0 atom stereocenters. The second-order valence-corrected chi connectivity index (χ2v) is 8.62. The number of nitrogens with one attached hydrogen (secondary N) is 1. The zero-order valence-corrected chi connectivity index (χ0v) is 17.2.